The topological polar surface area (TPSA) is 12.0 Å². The number of unbranched alkanes of at least 4 members (excludes halogenated alkanes) is 1. The van der Waals surface area contributed by atoms with E-state index in [1.54, 1.807) is 0 Å². The fourth-order valence-electron chi connectivity index (χ4n) is 2.10. The van der Waals surface area contributed by atoms with Crippen LogP contribution >= 0.6 is 0 Å². The van der Waals surface area contributed by atoms with E-state index in [0.29, 0.717) is 12.1 Å². The Bertz CT molecular complexity index is 305. The van der Waals surface area contributed by atoms with Crippen molar-refractivity contribution in [2.75, 3.05) is 0 Å². The van der Waals surface area contributed by atoms with Gasteiger partial charge in [0.1, 0.15) is 0 Å². The molecule has 0 aliphatic rings. The second kappa shape index (κ2) is 8.08. The summed E-state index contributed by atoms with van der Waals surface area (Å²) in [5, 5.41) is 3.70. The van der Waals surface area contributed by atoms with Gasteiger partial charge in [-0.2, -0.15) is 0 Å². The van der Waals surface area contributed by atoms with Crippen molar-refractivity contribution in [1.29, 1.82) is 0 Å². The second-order valence-corrected chi connectivity index (χ2v) is 4.70. The summed E-state index contributed by atoms with van der Waals surface area (Å²) in [6, 6.07) is 11.7. The molecule has 1 aromatic carbocycles. The normalized spacial score (nSPS) is 14.2. The summed E-state index contributed by atoms with van der Waals surface area (Å²) in [5.74, 6) is 0. The summed E-state index contributed by atoms with van der Waals surface area (Å²) >= 11 is 0. The van der Waals surface area contributed by atoms with Gasteiger partial charge < -0.3 is 5.32 Å². The molecule has 2 unspecified atom stereocenters. The lowest BCUT2D eigenvalue weighted by Gasteiger charge is -2.23. The number of benzene rings is 1. The molecule has 0 aromatic heterocycles. The van der Waals surface area contributed by atoms with Crippen molar-refractivity contribution < 1.29 is 0 Å². The highest BCUT2D eigenvalue weighted by Gasteiger charge is 2.12. The summed E-state index contributed by atoms with van der Waals surface area (Å²) in [6.45, 7) is 8.27. The predicted octanol–water partition coefficient (Wildman–Crippen LogP) is 4.47. The van der Waals surface area contributed by atoms with Gasteiger partial charge in [-0.25, -0.2) is 0 Å². The molecular weight excluding hydrogens is 206 g/mol. The van der Waals surface area contributed by atoms with E-state index < -0.39 is 0 Å². The lowest BCUT2D eigenvalue weighted by Crippen LogP contribution is -2.30. The van der Waals surface area contributed by atoms with Crippen LogP contribution in [-0.4, -0.2) is 6.04 Å². The van der Waals surface area contributed by atoms with Crippen LogP contribution in [-0.2, 0) is 0 Å². The summed E-state index contributed by atoms with van der Waals surface area (Å²) in [5.41, 5.74) is 1.40. The predicted molar refractivity (Wildman–Crippen MR) is 76.1 cm³/mol. The molecule has 0 saturated heterocycles. The van der Waals surface area contributed by atoms with Crippen molar-refractivity contribution >= 4 is 0 Å². The molecule has 0 radical (unpaired) electrons. The van der Waals surface area contributed by atoms with Crippen LogP contribution in [0.3, 0.4) is 0 Å². The highest BCUT2D eigenvalue weighted by Crippen LogP contribution is 2.20. The molecule has 0 saturated carbocycles. The highest BCUT2D eigenvalue weighted by molar-refractivity contribution is 5.19. The van der Waals surface area contributed by atoms with Gasteiger partial charge in [-0.05, 0) is 25.3 Å². The molecule has 0 amide bonds. The monoisotopic (exact) mass is 231 g/mol. The Hall–Kier alpha value is -1.08. The third-order valence-corrected chi connectivity index (χ3v) is 3.05. The molecule has 1 nitrogen and oxygen atoms in total. The van der Waals surface area contributed by atoms with Crippen molar-refractivity contribution in [1.82, 2.24) is 5.32 Å². The van der Waals surface area contributed by atoms with E-state index in [1.807, 2.05) is 6.08 Å². The Balaban J connectivity index is 2.63. The molecule has 0 fully saturated rings. The van der Waals surface area contributed by atoms with Crippen LogP contribution in [0.5, 0.6) is 0 Å². The Morgan fingerprint density at radius 2 is 2.00 bits per heavy atom. The third-order valence-electron chi connectivity index (χ3n) is 3.05. The maximum atomic E-state index is 3.80. The Kier molecular flexibility index (Phi) is 6.64. The zero-order valence-electron chi connectivity index (χ0n) is 11.2. The van der Waals surface area contributed by atoms with Crippen LogP contribution in [0.1, 0.15) is 51.1 Å². The zero-order valence-corrected chi connectivity index (χ0v) is 11.2. The van der Waals surface area contributed by atoms with Crippen molar-refractivity contribution in [3.05, 3.63) is 48.6 Å². The summed E-state index contributed by atoms with van der Waals surface area (Å²) in [6.07, 6.45) is 6.74. The number of rotatable bonds is 8. The Morgan fingerprint density at radius 1 is 1.29 bits per heavy atom. The average molecular weight is 231 g/mol. The fourth-order valence-corrected chi connectivity index (χ4v) is 2.10. The maximum Gasteiger partial charge on any atom is 0.0322 e. The first-order chi connectivity index (χ1) is 8.27. The lowest BCUT2D eigenvalue weighted by molar-refractivity contribution is 0.425. The van der Waals surface area contributed by atoms with Crippen LogP contribution in [0.2, 0.25) is 0 Å². The first kappa shape index (κ1) is 14.0. The van der Waals surface area contributed by atoms with Gasteiger partial charge in [-0.3, -0.25) is 0 Å². The van der Waals surface area contributed by atoms with Crippen LogP contribution in [0.15, 0.2) is 43.0 Å². The minimum Gasteiger partial charge on any atom is -0.307 e. The molecule has 0 spiro atoms. The van der Waals surface area contributed by atoms with Gasteiger partial charge >= 0.3 is 0 Å². The number of hydrogen-bond acceptors (Lipinski definition) is 1. The Labute approximate surface area is 106 Å². The quantitative estimate of drug-likeness (QED) is 0.651. The first-order valence-corrected chi connectivity index (χ1v) is 6.69. The minimum atomic E-state index is 0.478. The van der Waals surface area contributed by atoms with Gasteiger partial charge in [0.25, 0.3) is 0 Å². The molecule has 17 heavy (non-hydrogen) atoms. The van der Waals surface area contributed by atoms with Crippen molar-refractivity contribution in [3.63, 3.8) is 0 Å². The van der Waals surface area contributed by atoms with Crippen molar-refractivity contribution in [3.8, 4) is 0 Å². The largest absolute Gasteiger partial charge is 0.307 e. The smallest absolute Gasteiger partial charge is 0.0322 e. The van der Waals surface area contributed by atoms with Crippen LogP contribution in [0, 0.1) is 0 Å². The lowest BCUT2D eigenvalue weighted by atomic mass is 10.00. The van der Waals surface area contributed by atoms with E-state index in [2.05, 4.69) is 56.1 Å². The molecule has 2 atom stereocenters. The second-order valence-electron chi connectivity index (χ2n) is 4.70. The molecular formula is C16H25N. The van der Waals surface area contributed by atoms with Crippen molar-refractivity contribution in [2.45, 2.75) is 51.6 Å². The molecule has 1 heteroatoms. The van der Waals surface area contributed by atoms with Gasteiger partial charge in [0.15, 0.2) is 0 Å². The van der Waals surface area contributed by atoms with Crippen LogP contribution in [0.25, 0.3) is 0 Å². The average Bonchev–Trinajstić information content (AvgIpc) is 2.36. The highest BCUT2D eigenvalue weighted by atomic mass is 14.9. The molecule has 1 rings (SSSR count). The van der Waals surface area contributed by atoms with Crippen LogP contribution in [0.4, 0.5) is 0 Å². The first-order valence-electron chi connectivity index (χ1n) is 6.69. The summed E-state index contributed by atoms with van der Waals surface area (Å²) in [7, 11) is 0. The number of nitrogens with one attached hydrogen (secondary N) is 1. The van der Waals surface area contributed by atoms with Gasteiger partial charge in [-0.15, -0.1) is 6.58 Å². The zero-order chi connectivity index (χ0) is 12.5. The van der Waals surface area contributed by atoms with Gasteiger partial charge in [0, 0.05) is 12.1 Å². The van der Waals surface area contributed by atoms with E-state index in [1.165, 1.54) is 24.8 Å². The minimum absolute atomic E-state index is 0.478. The Morgan fingerprint density at radius 3 is 2.59 bits per heavy atom. The molecule has 0 bridgehead atoms. The van der Waals surface area contributed by atoms with E-state index in [4.69, 9.17) is 0 Å². The maximum absolute atomic E-state index is 3.80. The SMILES string of the molecule is C=CCC(C)NC(CCCC)c1ccccc1. The van der Waals surface area contributed by atoms with Crippen molar-refractivity contribution in [2.24, 2.45) is 0 Å². The third kappa shape index (κ3) is 5.18. The molecule has 1 aromatic rings. The van der Waals surface area contributed by atoms with E-state index in [-0.39, 0.29) is 0 Å². The summed E-state index contributed by atoms with van der Waals surface area (Å²) in [4.78, 5) is 0. The molecule has 1 N–H and O–H groups in total. The number of hydrogen-bond donors (Lipinski definition) is 1. The van der Waals surface area contributed by atoms with Gasteiger partial charge in [0.2, 0.25) is 0 Å². The van der Waals surface area contributed by atoms with E-state index >= 15 is 0 Å². The van der Waals surface area contributed by atoms with E-state index in [9.17, 15) is 0 Å². The van der Waals surface area contributed by atoms with E-state index in [0.717, 1.165) is 6.42 Å². The summed E-state index contributed by atoms with van der Waals surface area (Å²) < 4.78 is 0. The molecule has 0 aliphatic carbocycles. The van der Waals surface area contributed by atoms with Gasteiger partial charge in [-0.1, -0.05) is 56.2 Å². The van der Waals surface area contributed by atoms with Crippen LogP contribution < -0.4 is 5.32 Å². The van der Waals surface area contributed by atoms with Gasteiger partial charge in [0.05, 0.1) is 0 Å². The molecule has 0 aliphatic heterocycles. The standard InChI is InChI=1S/C16H25N/c1-4-6-13-16(17-14(3)10-5-2)15-11-8-7-9-12-15/h5,7-9,11-12,14,16-17H,2,4,6,10,13H2,1,3H3. The fraction of sp³-hybridized carbons (Fsp3) is 0.500. The molecule has 0 heterocycles. The molecule has 94 valence electrons.